The lowest BCUT2D eigenvalue weighted by Crippen LogP contribution is -2.47. The number of piperazine rings is 1. The summed E-state index contributed by atoms with van der Waals surface area (Å²) in [6.07, 6.45) is 1.04. The van der Waals surface area contributed by atoms with Crippen molar-refractivity contribution in [2.24, 2.45) is 0 Å². The molecule has 4 rings (SSSR count). The van der Waals surface area contributed by atoms with Gasteiger partial charge in [-0.25, -0.2) is 9.97 Å². The molecular weight excluding hydrogens is 432 g/mol. The van der Waals surface area contributed by atoms with Crippen LogP contribution in [0.1, 0.15) is 25.5 Å². The summed E-state index contributed by atoms with van der Waals surface area (Å²) in [5.41, 5.74) is 2.75. The summed E-state index contributed by atoms with van der Waals surface area (Å²) in [5.74, 6) is 0.893. The number of aliphatic hydroxyl groups is 1. The highest BCUT2D eigenvalue weighted by Crippen LogP contribution is 2.38. The van der Waals surface area contributed by atoms with Gasteiger partial charge in [-0.05, 0) is 32.2 Å². The SMILES string of the molecule is CCN1/C(=C(\C#N)c2ccnc(NC(O)CCC(=O)N3CCN(C)CC3)n2)Nc2ccccc21. The number of aliphatic hydroxyl groups excluding tert-OH is 1. The minimum absolute atomic E-state index is 0.0339. The Labute approximate surface area is 199 Å². The van der Waals surface area contributed by atoms with Gasteiger partial charge in [-0.15, -0.1) is 0 Å². The lowest BCUT2D eigenvalue weighted by molar-refractivity contribution is -0.133. The third kappa shape index (κ3) is 5.11. The van der Waals surface area contributed by atoms with Gasteiger partial charge in [0.15, 0.2) is 0 Å². The number of para-hydroxylation sites is 2. The Morgan fingerprint density at radius 3 is 2.76 bits per heavy atom. The van der Waals surface area contributed by atoms with E-state index < -0.39 is 6.23 Å². The Balaban J connectivity index is 1.43. The van der Waals surface area contributed by atoms with Crippen LogP contribution in [-0.4, -0.2) is 76.8 Å². The highest BCUT2D eigenvalue weighted by atomic mass is 16.3. The van der Waals surface area contributed by atoms with E-state index in [9.17, 15) is 15.2 Å². The van der Waals surface area contributed by atoms with Crippen LogP contribution in [0.5, 0.6) is 0 Å². The second kappa shape index (κ2) is 10.5. The first-order valence-electron chi connectivity index (χ1n) is 11.5. The third-order valence-corrected chi connectivity index (χ3v) is 6.08. The molecule has 3 N–H and O–H groups in total. The molecule has 0 aliphatic carbocycles. The van der Waals surface area contributed by atoms with Gasteiger partial charge < -0.3 is 30.4 Å². The van der Waals surface area contributed by atoms with Crippen LogP contribution in [0.3, 0.4) is 0 Å². The molecule has 1 atom stereocenters. The number of hydrogen-bond donors (Lipinski definition) is 3. The number of nitriles is 1. The van der Waals surface area contributed by atoms with E-state index in [1.54, 1.807) is 12.3 Å². The number of carbonyl (C=O) groups is 1. The van der Waals surface area contributed by atoms with Crippen LogP contribution in [0.15, 0.2) is 42.3 Å². The number of carbonyl (C=O) groups excluding carboxylic acids is 1. The van der Waals surface area contributed by atoms with Crippen molar-refractivity contribution in [2.75, 3.05) is 55.3 Å². The van der Waals surface area contributed by atoms with E-state index in [1.807, 2.05) is 48.0 Å². The molecule has 0 saturated carbocycles. The summed E-state index contributed by atoms with van der Waals surface area (Å²) >= 11 is 0. The van der Waals surface area contributed by atoms with E-state index in [2.05, 4.69) is 31.6 Å². The van der Waals surface area contributed by atoms with Crippen molar-refractivity contribution in [3.63, 3.8) is 0 Å². The topological polar surface area (TPSA) is 121 Å². The standard InChI is InChI=1S/C24H30N8O2/c1-3-32-20-7-5-4-6-19(20)27-23(32)17(16-25)18-10-11-26-24(28-18)29-21(33)8-9-22(34)31-14-12-30(2)13-15-31/h4-7,10-11,21,27,33H,3,8-9,12-15H2,1-2H3,(H,26,28,29)/b23-17+. The van der Waals surface area contributed by atoms with Crippen LogP contribution < -0.4 is 15.5 Å². The highest BCUT2D eigenvalue weighted by Gasteiger charge is 2.27. The average molecular weight is 463 g/mol. The minimum atomic E-state index is -0.981. The van der Waals surface area contributed by atoms with Gasteiger partial charge in [0.2, 0.25) is 11.9 Å². The molecule has 10 heteroatoms. The van der Waals surface area contributed by atoms with Crippen LogP contribution in [0.4, 0.5) is 17.3 Å². The quantitative estimate of drug-likeness (QED) is 0.418. The van der Waals surface area contributed by atoms with Crippen LogP contribution in [0, 0.1) is 11.3 Å². The molecule has 1 aromatic carbocycles. The molecule has 2 aromatic rings. The van der Waals surface area contributed by atoms with Crippen LogP contribution in [-0.2, 0) is 4.79 Å². The largest absolute Gasteiger partial charge is 0.374 e. The number of anilines is 3. The zero-order valence-corrected chi connectivity index (χ0v) is 19.5. The molecule has 3 heterocycles. The summed E-state index contributed by atoms with van der Waals surface area (Å²) in [5, 5.41) is 26.5. The van der Waals surface area contributed by atoms with Crippen molar-refractivity contribution >= 4 is 28.8 Å². The van der Waals surface area contributed by atoms with Crippen molar-refractivity contribution < 1.29 is 9.90 Å². The Kier molecular flexibility index (Phi) is 7.25. The number of benzene rings is 1. The second-order valence-electron chi connectivity index (χ2n) is 8.37. The number of likely N-dealkylation sites (N-methyl/N-ethyl adjacent to an activating group) is 1. The number of hydrogen-bond acceptors (Lipinski definition) is 9. The molecule has 0 bridgehead atoms. The number of nitrogens with zero attached hydrogens (tertiary/aromatic N) is 6. The van der Waals surface area contributed by atoms with Gasteiger partial charge in [0.1, 0.15) is 23.7 Å². The van der Waals surface area contributed by atoms with E-state index in [-0.39, 0.29) is 24.7 Å². The number of fused-ring (bicyclic) bond motifs is 1. The van der Waals surface area contributed by atoms with Gasteiger partial charge in [0.25, 0.3) is 0 Å². The van der Waals surface area contributed by atoms with Crippen LogP contribution in [0.2, 0.25) is 0 Å². The number of nitrogens with one attached hydrogen (secondary N) is 2. The zero-order chi connectivity index (χ0) is 24.1. The molecule has 1 amide bonds. The zero-order valence-electron chi connectivity index (χ0n) is 19.5. The summed E-state index contributed by atoms with van der Waals surface area (Å²) in [7, 11) is 2.04. The van der Waals surface area contributed by atoms with Gasteiger partial charge >= 0.3 is 0 Å². The Bertz CT molecular complexity index is 1100. The molecule has 178 valence electrons. The van der Waals surface area contributed by atoms with E-state index in [4.69, 9.17) is 0 Å². The molecule has 1 aromatic heterocycles. The van der Waals surface area contributed by atoms with E-state index >= 15 is 0 Å². The van der Waals surface area contributed by atoms with Crippen molar-refractivity contribution in [3.05, 3.63) is 48.0 Å². The van der Waals surface area contributed by atoms with E-state index in [1.165, 1.54) is 0 Å². The van der Waals surface area contributed by atoms with Gasteiger partial charge in [0.05, 0.1) is 17.1 Å². The normalized spacial score (nSPS) is 18.1. The Hall–Kier alpha value is -3.68. The third-order valence-electron chi connectivity index (χ3n) is 6.08. The average Bonchev–Trinajstić information content (AvgIpc) is 3.22. The van der Waals surface area contributed by atoms with Crippen molar-refractivity contribution in [1.29, 1.82) is 5.26 Å². The number of allylic oxidation sites excluding steroid dienone is 1. The molecule has 10 nitrogen and oxygen atoms in total. The van der Waals surface area contributed by atoms with E-state index in [0.717, 1.165) is 24.5 Å². The summed E-state index contributed by atoms with van der Waals surface area (Å²) in [6, 6.07) is 11.8. The van der Waals surface area contributed by atoms with E-state index in [0.29, 0.717) is 36.7 Å². The van der Waals surface area contributed by atoms with Crippen molar-refractivity contribution in [3.8, 4) is 6.07 Å². The first-order valence-corrected chi connectivity index (χ1v) is 11.5. The smallest absolute Gasteiger partial charge is 0.225 e. The maximum atomic E-state index is 12.4. The molecule has 2 aliphatic rings. The maximum absolute atomic E-state index is 12.4. The number of aromatic nitrogens is 2. The fraction of sp³-hybridized carbons (Fsp3) is 0.417. The number of rotatable bonds is 7. The molecule has 1 unspecified atom stereocenters. The summed E-state index contributed by atoms with van der Waals surface area (Å²) in [4.78, 5) is 27.1. The van der Waals surface area contributed by atoms with Crippen molar-refractivity contribution in [2.45, 2.75) is 26.0 Å². The summed E-state index contributed by atoms with van der Waals surface area (Å²) in [6.45, 7) is 5.84. The first kappa shape index (κ1) is 23.5. The molecule has 2 aliphatic heterocycles. The van der Waals surface area contributed by atoms with Gasteiger partial charge in [0, 0.05) is 51.8 Å². The first-order chi connectivity index (χ1) is 16.5. The Morgan fingerprint density at radius 1 is 1.26 bits per heavy atom. The predicted molar refractivity (Wildman–Crippen MR) is 131 cm³/mol. The van der Waals surface area contributed by atoms with Crippen LogP contribution in [0.25, 0.3) is 5.57 Å². The van der Waals surface area contributed by atoms with Gasteiger partial charge in [-0.3, -0.25) is 4.79 Å². The molecule has 0 radical (unpaired) electrons. The lowest BCUT2D eigenvalue weighted by Gasteiger charge is -2.32. The van der Waals surface area contributed by atoms with Gasteiger partial charge in [-0.2, -0.15) is 5.26 Å². The monoisotopic (exact) mass is 462 g/mol. The molecule has 34 heavy (non-hydrogen) atoms. The molecule has 1 saturated heterocycles. The Morgan fingerprint density at radius 2 is 2.03 bits per heavy atom. The highest BCUT2D eigenvalue weighted by molar-refractivity contribution is 5.90. The predicted octanol–water partition coefficient (Wildman–Crippen LogP) is 1.91. The van der Waals surface area contributed by atoms with Crippen molar-refractivity contribution in [1.82, 2.24) is 19.8 Å². The fourth-order valence-electron chi connectivity index (χ4n) is 4.15. The maximum Gasteiger partial charge on any atom is 0.225 e. The second-order valence-corrected chi connectivity index (χ2v) is 8.37. The van der Waals surface area contributed by atoms with Crippen LogP contribution >= 0.6 is 0 Å². The van der Waals surface area contributed by atoms with Gasteiger partial charge in [-0.1, -0.05) is 12.1 Å². The summed E-state index contributed by atoms with van der Waals surface area (Å²) < 4.78 is 0. The molecular formula is C24H30N8O2. The molecule has 0 spiro atoms. The lowest BCUT2D eigenvalue weighted by atomic mass is 10.2. The molecule has 1 fully saturated rings. The minimum Gasteiger partial charge on any atom is -0.374 e. The number of amides is 1. The fourth-order valence-corrected chi connectivity index (χ4v) is 4.15.